The van der Waals surface area contributed by atoms with Crippen molar-refractivity contribution in [2.24, 2.45) is 11.5 Å². The van der Waals surface area contributed by atoms with E-state index < -0.39 is 0 Å². The lowest BCUT2D eigenvalue weighted by molar-refractivity contribution is 0.838. The van der Waals surface area contributed by atoms with E-state index in [0.717, 1.165) is 13.0 Å². The molecule has 0 aromatic rings. The fourth-order valence-corrected chi connectivity index (χ4v) is 1.75. The van der Waals surface area contributed by atoms with Gasteiger partial charge in [0, 0.05) is 9.52 Å². The van der Waals surface area contributed by atoms with Crippen molar-refractivity contribution in [1.82, 2.24) is 0 Å². The number of rotatable bonds is 4. The normalized spacial score (nSPS) is 15.4. The van der Waals surface area contributed by atoms with Gasteiger partial charge in [-0.2, -0.15) is 0 Å². The first-order valence-corrected chi connectivity index (χ1v) is 5.08. The fourth-order valence-electron chi connectivity index (χ4n) is 0.584. The summed E-state index contributed by atoms with van der Waals surface area (Å²) >= 11 is 0. The van der Waals surface area contributed by atoms with E-state index in [4.69, 9.17) is 11.5 Å². The van der Waals surface area contributed by atoms with Gasteiger partial charge in [0.25, 0.3) is 0 Å². The van der Waals surface area contributed by atoms with Crippen LogP contribution in [-0.2, 0) is 0 Å². The van der Waals surface area contributed by atoms with Crippen molar-refractivity contribution >= 4 is 9.52 Å². The summed E-state index contributed by atoms with van der Waals surface area (Å²) in [5.74, 6) is 0. The molecule has 0 spiro atoms. The van der Waals surface area contributed by atoms with Gasteiger partial charge in [0.1, 0.15) is 0 Å². The van der Waals surface area contributed by atoms with Gasteiger partial charge in [0.15, 0.2) is 0 Å². The van der Waals surface area contributed by atoms with E-state index in [2.05, 4.69) is 6.92 Å². The van der Waals surface area contributed by atoms with Crippen LogP contribution in [0.4, 0.5) is 0 Å². The Hall–Kier alpha value is 0.137. The van der Waals surface area contributed by atoms with E-state index in [-0.39, 0.29) is 9.52 Å². The molecular weight excluding hydrogens is 116 g/mol. The SMILES string of the molecule is CCC(N)[SiH2]CCN. The minimum atomic E-state index is -0.0116. The van der Waals surface area contributed by atoms with Crippen molar-refractivity contribution in [1.29, 1.82) is 0 Å². The topological polar surface area (TPSA) is 52.0 Å². The molecule has 0 bridgehead atoms. The summed E-state index contributed by atoms with van der Waals surface area (Å²) in [6.45, 7) is 2.97. The Morgan fingerprint density at radius 2 is 2.25 bits per heavy atom. The van der Waals surface area contributed by atoms with Crippen molar-refractivity contribution in [2.75, 3.05) is 6.54 Å². The molecule has 0 saturated carbocycles. The summed E-state index contributed by atoms with van der Waals surface area (Å²) < 4.78 is 0. The number of hydrogen-bond acceptors (Lipinski definition) is 2. The molecule has 0 fully saturated rings. The van der Waals surface area contributed by atoms with Gasteiger partial charge in [-0.1, -0.05) is 6.92 Å². The van der Waals surface area contributed by atoms with Gasteiger partial charge in [0.2, 0.25) is 0 Å². The lowest BCUT2D eigenvalue weighted by Gasteiger charge is -2.04. The highest BCUT2D eigenvalue weighted by atomic mass is 28.2. The van der Waals surface area contributed by atoms with Gasteiger partial charge in [-0.15, -0.1) is 0 Å². The Labute approximate surface area is 53.5 Å². The minimum Gasteiger partial charge on any atom is -0.331 e. The summed E-state index contributed by atoms with van der Waals surface area (Å²) in [6.07, 6.45) is 1.13. The summed E-state index contributed by atoms with van der Waals surface area (Å²) in [4.78, 5) is 0. The van der Waals surface area contributed by atoms with Gasteiger partial charge >= 0.3 is 0 Å². The molecule has 0 amide bonds. The quantitative estimate of drug-likeness (QED) is 0.493. The maximum absolute atomic E-state index is 5.67. The molecular formula is C5H16N2Si. The van der Waals surface area contributed by atoms with E-state index in [1.54, 1.807) is 0 Å². The Bertz CT molecular complexity index is 49.7. The largest absolute Gasteiger partial charge is 0.331 e. The molecule has 0 heterocycles. The van der Waals surface area contributed by atoms with E-state index in [0.29, 0.717) is 5.67 Å². The molecule has 0 aromatic carbocycles. The monoisotopic (exact) mass is 132 g/mol. The second kappa shape index (κ2) is 5.28. The molecule has 0 aromatic heterocycles. The first kappa shape index (κ1) is 8.14. The maximum Gasteiger partial charge on any atom is 0.0414 e. The summed E-state index contributed by atoms with van der Waals surface area (Å²) in [6, 6.07) is 1.20. The van der Waals surface area contributed by atoms with Crippen LogP contribution in [0.1, 0.15) is 13.3 Å². The fraction of sp³-hybridized carbons (Fsp3) is 1.00. The van der Waals surface area contributed by atoms with Crippen molar-refractivity contribution < 1.29 is 0 Å². The Morgan fingerprint density at radius 1 is 1.62 bits per heavy atom. The van der Waals surface area contributed by atoms with Crippen LogP contribution in [0.25, 0.3) is 0 Å². The third-order valence-electron chi connectivity index (χ3n) is 1.30. The molecule has 8 heavy (non-hydrogen) atoms. The van der Waals surface area contributed by atoms with Crippen LogP contribution < -0.4 is 11.5 Å². The second-order valence-corrected chi connectivity index (χ2v) is 4.43. The molecule has 3 heteroatoms. The Morgan fingerprint density at radius 3 is 2.62 bits per heavy atom. The number of nitrogens with two attached hydrogens (primary N) is 2. The predicted molar refractivity (Wildman–Crippen MR) is 40.7 cm³/mol. The standard InChI is InChI=1S/C5H16N2Si/c1-2-5(7)8-4-3-6/h5H,2-4,6-8H2,1H3. The Balaban J connectivity index is 2.86. The summed E-state index contributed by atoms with van der Waals surface area (Å²) in [7, 11) is -0.0116. The van der Waals surface area contributed by atoms with Crippen molar-refractivity contribution in [3.05, 3.63) is 0 Å². The first-order chi connectivity index (χ1) is 3.81. The van der Waals surface area contributed by atoms with Gasteiger partial charge in [-0.3, -0.25) is 0 Å². The first-order valence-electron chi connectivity index (χ1n) is 3.27. The van der Waals surface area contributed by atoms with Crippen LogP contribution in [0.2, 0.25) is 6.04 Å². The van der Waals surface area contributed by atoms with E-state index >= 15 is 0 Å². The Kier molecular flexibility index (Phi) is 5.37. The van der Waals surface area contributed by atoms with Crippen molar-refractivity contribution in [3.63, 3.8) is 0 Å². The zero-order valence-corrected chi connectivity index (χ0v) is 6.97. The van der Waals surface area contributed by atoms with Crippen molar-refractivity contribution in [2.45, 2.75) is 25.1 Å². The van der Waals surface area contributed by atoms with Crippen LogP contribution in [0.15, 0.2) is 0 Å². The minimum absolute atomic E-state index is 0.0116. The zero-order chi connectivity index (χ0) is 6.41. The smallest absolute Gasteiger partial charge is 0.0414 e. The van der Waals surface area contributed by atoms with E-state index in [1.165, 1.54) is 6.04 Å². The molecule has 1 atom stereocenters. The highest BCUT2D eigenvalue weighted by Crippen LogP contribution is 1.85. The lowest BCUT2D eigenvalue weighted by Crippen LogP contribution is -2.27. The molecule has 2 nitrogen and oxygen atoms in total. The van der Waals surface area contributed by atoms with Crippen molar-refractivity contribution in [3.8, 4) is 0 Å². The molecule has 0 saturated heterocycles. The van der Waals surface area contributed by atoms with Crippen LogP contribution >= 0.6 is 0 Å². The molecule has 1 unspecified atom stereocenters. The number of hydrogen-bond donors (Lipinski definition) is 2. The van der Waals surface area contributed by atoms with Gasteiger partial charge < -0.3 is 11.5 Å². The molecule has 0 radical (unpaired) electrons. The molecule has 4 N–H and O–H groups in total. The zero-order valence-electron chi connectivity index (χ0n) is 5.56. The molecule has 0 aliphatic heterocycles. The summed E-state index contributed by atoms with van der Waals surface area (Å²) in [5.41, 5.74) is 11.5. The average Bonchev–Trinajstić information content (AvgIpc) is 1.83. The summed E-state index contributed by atoms with van der Waals surface area (Å²) in [5, 5.41) is 0. The third kappa shape index (κ3) is 4.30. The maximum atomic E-state index is 5.67. The highest BCUT2D eigenvalue weighted by Gasteiger charge is 1.96. The molecule has 50 valence electrons. The van der Waals surface area contributed by atoms with Gasteiger partial charge in [-0.05, 0) is 24.7 Å². The molecule has 0 rings (SSSR count). The van der Waals surface area contributed by atoms with Crippen LogP contribution in [0.3, 0.4) is 0 Å². The van der Waals surface area contributed by atoms with E-state index in [9.17, 15) is 0 Å². The van der Waals surface area contributed by atoms with E-state index in [1.807, 2.05) is 0 Å². The van der Waals surface area contributed by atoms with Crippen LogP contribution in [0, 0.1) is 0 Å². The molecule has 0 aliphatic rings. The van der Waals surface area contributed by atoms with Gasteiger partial charge in [0.05, 0.1) is 0 Å². The highest BCUT2D eigenvalue weighted by molar-refractivity contribution is 6.37. The average molecular weight is 132 g/mol. The molecule has 0 aliphatic carbocycles. The van der Waals surface area contributed by atoms with Crippen LogP contribution in [0.5, 0.6) is 0 Å². The second-order valence-electron chi connectivity index (χ2n) is 2.10. The third-order valence-corrected chi connectivity index (χ3v) is 3.44. The predicted octanol–water partition coefficient (Wildman–Crippen LogP) is -0.773. The van der Waals surface area contributed by atoms with Crippen LogP contribution in [-0.4, -0.2) is 21.7 Å². The lowest BCUT2D eigenvalue weighted by atomic mass is 10.5. The van der Waals surface area contributed by atoms with Gasteiger partial charge in [-0.25, -0.2) is 0 Å².